The molecule has 6 nitrogen and oxygen atoms in total. The van der Waals surface area contributed by atoms with Crippen molar-refractivity contribution < 1.29 is 9.84 Å². The van der Waals surface area contributed by atoms with Gasteiger partial charge in [0.1, 0.15) is 11.9 Å². The minimum Gasteiger partial charge on any atom is -0.508 e. The molecule has 1 rings (SSSR count). The van der Waals surface area contributed by atoms with E-state index in [0.717, 1.165) is 28.4 Å². The van der Waals surface area contributed by atoms with E-state index in [0.29, 0.717) is 6.61 Å². The molecule has 0 aliphatic carbocycles. The SMILES string of the molecule is C=CC1=C(/C=C(\C)N(C)C)N(C)C(/C(COC)=C(O)/C=C(\C)N(C)C)N1C. The molecule has 0 amide bonds. The third-order valence-corrected chi connectivity index (χ3v) is 4.99. The van der Waals surface area contributed by atoms with Gasteiger partial charge in [0.25, 0.3) is 0 Å². The van der Waals surface area contributed by atoms with Crippen LogP contribution >= 0.6 is 0 Å². The Hall–Kier alpha value is -2.34. The third-order valence-electron chi connectivity index (χ3n) is 4.99. The zero-order valence-corrected chi connectivity index (χ0v) is 18.4. The van der Waals surface area contributed by atoms with E-state index >= 15 is 0 Å². The molecule has 0 radical (unpaired) electrons. The molecule has 27 heavy (non-hydrogen) atoms. The average molecular weight is 377 g/mol. The lowest BCUT2D eigenvalue weighted by molar-refractivity contribution is 0.164. The van der Waals surface area contributed by atoms with E-state index in [1.54, 1.807) is 13.2 Å². The maximum atomic E-state index is 10.8. The fourth-order valence-corrected chi connectivity index (χ4v) is 2.96. The highest BCUT2D eigenvalue weighted by molar-refractivity contribution is 5.40. The molecule has 0 saturated heterocycles. The van der Waals surface area contributed by atoms with Crippen LogP contribution in [0.5, 0.6) is 0 Å². The van der Waals surface area contributed by atoms with Crippen LogP contribution in [0.2, 0.25) is 0 Å². The third kappa shape index (κ3) is 5.10. The molecule has 1 atom stereocenters. The van der Waals surface area contributed by atoms with Gasteiger partial charge in [0.05, 0.1) is 18.0 Å². The van der Waals surface area contributed by atoms with E-state index in [1.807, 2.05) is 60.2 Å². The molecular weight excluding hydrogens is 340 g/mol. The van der Waals surface area contributed by atoms with Crippen LogP contribution in [0.4, 0.5) is 0 Å². The number of aliphatic hydroxyl groups excluding tert-OH is 1. The second kappa shape index (κ2) is 9.55. The molecule has 1 unspecified atom stereocenters. The Morgan fingerprint density at radius 3 is 2.04 bits per heavy atom. The molecule has 0 fully saturated rings. The van der Waals surface area contributed by atoms with Crippen molar-refractivity contribution in [1.82, 2.24) is 19.6 Å². The number of likely N-dealkylation sites (N-methyl/N-ethyl adjacent to an activating group) is 2. The van der Waals surface area contributed by atoms with Crippen LogP contribution in [0.25, 0.3) is 0 Å². The van der Waals surface area contributed by atoms with Gasteiger partial charge in [-0.3, -0.25) is 0 Å². The molecule has 1 aliphatic rings. The van der Waals surface area contributed by atoms with Gasteiger partial charge < -0.3 is 29.4 Å². The highest BCUT2D eigenvalue weighted by Gasteiger charge is 2.35. The van der Waals surface area contributed by atoms with Gasteiger partial charge in [0.2, 0.25) is 0 Å². The number of hydrogen-bond donors (Lipinski definition) is 1. The fourth-order valence-electron chi connectivity index (χ4n) is 2.96. The van der Waals surface area contributed by atoms with Crippen molar-refractivity contribution in [3.05, 3.63) is 58.9 Å². The minimum absolute atomic E-state index is 0.162. The topological polar surface area (TPSA) is 42.4 Å². The Kier molecular flexibility index (Phi) is 8.03. The molecule has 0 spiro atoms. The van der Waals surface area contributed by atoms with Gasteiger partial charge in [-0.2, -0.15) is 0 Å². The Labute approximate surface area is 165 Å². The molecule has 0 saturated carbocycles. The summed E-state index contributed by atoms with van der Waals surface area (Å²) in [5.74, 6) is 0.227. The first-order valence-electron chi connectivity index (χ1n) is 9.01. The summed E-state index contributed by atoms with van der Waals surface area (Å²) in [7, 11) is 13.6. The number of ether oxygens (including phenoxy) is 1. The van der Waals surface area contributed by atoms with Crippen molar-refractivity contribution in [3.8, 4) is 0 Å². The summed E-state index contributed by atoms with van der Waals surface area (Å²) in [5, 5.41) is 10.8. The van der Waals surface area contributed by atoms with Crippen LogP contribution in [0.1, 0.15) is 13.8 Å². The van der Waals surface area contributed by atoms with Crippen LogP contribution in [-0.4, -0.2) is 86.9 Å². The monoisotopic (exact) mass is 376 g/mol. The number of aliphatic hydroxyl groups is 1. The number of methoxy groups -OCH3 is 1. The summed E-state index contributed by atoms with van der Waals surface area (Å²) in [4.78, 5) is 8.30. The molecule has 0 aromatic carbocycles. The zero-order valence-electron chi connectivity index (χ0n) is 18.4. The maximum absolute atomic E-state index is 10.8. The van der Waals surface area contributed by atoms with Gasteiger partial charge in [0, 0.05) is 66.4 Å². The summed E-state index contributed by atoms with van der Waals surface area (Å²) in [5.41, 5.74) is 4.96. The number of rotatable bonds is 8. The van der Waals surface area contributed by atoms with Crippen LogP contribution in [-0.2, 0) is 4.74 Å². The Bertz CT molecular complexity index is 672. The number of nitrogens with zero attached hydrogens (tertiary/aromatic N) is 4. The largest absolute Gasteiger partial charge is 0.508 e. The second-order valence-electron chi connectivity index (χ2n) is 7.27. The number of hydrogen-bond acceptors (Lipinski definition) is 6. The molecule has 152 valence electrons. The molecule has 0 bridgehead atoms. The van der Waals surface area contributed by atoms with E-state index in [-0.39, 0.29) is 11.9 Å². The van der Waals surface area contributed by atoms with Crippen molar-refractivity contribution in [3.63, 3.8) is 0 Å². The Morgan fingerprint density at radius 2 is 1.59 bits per heavy atom. The Morgan fingerprint density at radius 1 is 1.07 bits per heavy atom. The van der Waals surface area contributed by atoms with Crippen molar-refractivity contribution in [2.45, 2.75) is 20.0 Å². The van der Waals surface area contributed by atoms with E-state index < -0.39 is 0 Å². The Balaban J connectivity index is 3.46. The van der Waals surface area contributed by atoms with Crippen molar-refractivity contribution in [2.24, 2.45) is 0 Å². The molecular formula is C21H36N4O2. The summed E-state index contributed by atoms with van der Waals surface area (Å²) in [6.07, 6.45) is 5.61. The van der Waals surface area contributed by atoms with Crippen LogP contribution in [0.3, 0.4) is 0 Å². The maximum Gasteiger partial charge on any atom is 0.130 e. The smallest absolute Gasteiger partial charge is 0.130 e. The van der Waals surface area contributed by atoms with Gasteiger partial charge >= 0.3 is 0 Å². The average Bonchev–Trinajstić information content (AvgIpc) is 2.82. The van der Waals surface area contributed by atoms with Gasteiger partial charge in [-0.25, -0.2) is 0 Å². The van der Waals surface area contributed by atoms with Crippen molar-refractivity contribution >= 4 is 0 Å². The van der Waals surface area contributed by atoms with Crippen LogP contribution in [0, 0.1) is 0 Å². The first-order valence-corrected chi connectivity index (χ1v) is 9.01. The van der Waals surface area contributed by atoms with E-state index in [1.165, 1.54) is 0 Å². The second-order valence-corrected chi connectivity index (χ2v) is 7.27. The van der Waals surface area contributed by atoms with Crippen molar-refractivity contribution in [1.29, 1.82) is 0 Å². The standard InChI is InChI=1S/C21H36N4O2/c1-11-18-19(12-15(2)22(4)5)25(9)21(24(18)8)17(14-27-10)20(26)13-16(3)23(6)7/h11-13,21,26H,1,14H2,2-10H3/b15-12+,16-13+,20-17-. The van der Waals surface area contributed by atoms with Gasteiger partial charge in [-0.05, 0) is 32.1 Å². The molecule has 0 aromatic heterocycles. The quantitative estimate of drug-likeness (QED) is 0.519. The highest BCUT2D eigenvalue weighted by Crippen LogP contribution is 2.34. The molecule has 1 heterocycles. The lowest BCUT2D eigenvalue weighted by atomic mass is 10.1. The predicted molar refractivity (Wildman–Crippen MR) is 113 cm³/mol. The summed E-state index contributed by atoms with van der Waals surface area (Å²) < 4.78 is 5.42. The lowest BCUT2D eigenvalue weighted by Crippen LogP contribution is -2.39. The van der Waals surface area contributed by atoms with Gasteiger partial charge in [0.15, 0.2) is 0 Å². The first-order chi connectivity index (χ1) is 12.6. The number of allylic oxidation sites excluding steroid dienone is 5. The highest BCUT2D eigenvalue weighted by atomic mass is 16.5. The van der Waals surface area contributed by atoms with Crippen molar-refractivity contribution in [2.75, 3.05) is 56.0 Å². The van der Waals surface area contributed by atoms with Gasteiger partial charge in [-0.15, -0.1) is 0 Å². The lowest BCUT2D eigenvalue weighted by Gasteiger charge is -2.32. The fraction of sp³-hybridized carbons (Fsp3) is 0.524. The first kappa shape index (κ1) is 22.7. The summed E-state index contributed by atoms with van der Waals surface area (Å²) >= 11 is 0. The molecule has 0 aromatic rings. The zero-order chi connectivity index (χ0) is 20.9. The van der Waals surface area contributed by atoms with Crippen LogP contribution in [0.15, 0.2) is 58.9 Å². The van der Waals surface area contributed by atoms with Gasteiger partial charge in [-0.1, -0.05) is 6.58 Å². The molecule has 1 N–H and O–H groups in total. The minimum atomic E-state index is -0.162. The molecule has 6 heteroatoms. The summed E-state index contributed by atoms with van der Waals surface area (Å²) in [6, 6.07) is 0. The van der Waals surface area contributed by atoms with E-state index in [9.17, 15) is 5.11 Å². The van der Waals surface area contributed by atoms with E-state index in [4.69, 9.17) is 4.74 Å². The molecule has 1 aliphatic heterocycles. The predicted octanol–water partition coefficient (Wildman–Crippen LogP) is 2.98. The normalized spacial score (nSPS) is 19.5. The van der Waals surface area contributed by atoms with Crippen LogP contribution < -0.4 is 0 Å². The van der Waals surface area contributed by atoms with E-state index in [2.05, 4.69) is 34.3 Å². The summed E-state index contributed by atoms with van der Waals surface area (Å²) in [6.45, 7) is 8.35.